The number of thiophene rings is 1. The largest absolute Gasteiger partial charge is 0.390 e. The fourth-order valence-corrected chi connectivity index (χ4v) is 2.79. The molecule has 0 spiro atoms. The van der Waals surface area contributed by atoms with Crippen LogP contribution in [-0.2, 0) is 0 Å². The summed E-state index contributed by atoms with van der Waals surface area (Å²) in [6.45, 7) is 0. The molecule has 3 rings (SSSR count). The Balaban J connectivity index is 2.04. The molecule has 0 unspecified atom stereocenters. The van der Waals surface area contributed by atoms with Crippen LogP contribution in [0.1, 0.15) is 0 Å². The third-order valence-corrected chi connectivity index (χ3v) is 3.65. The maximum atomic E-state index is 5.94. The zero-order chi connectivity index (χ0) is 13.4. The van der Waals surface area contributed by atoms with E-state index in [1.165, 1.54) is 11.3 Å². The standard InChI is InChI=1S/C12H7Cl2N3OS/c13-7-3-6(4-8(14)5-7)11-16-12(18-17-11)9-1-2-19-10(9)15/h1-5H,15H2. The molecule has 0 atom stereocenters. The number of nitrogens with zero attached hydrogens (tertiary/aromatic N) is 2. The summed E-state index contributed by atoms with van der Waals surface area (Å²) < 4.78 is 5.20. The van der Waals surface area contributed by atoms with E-state index in [0.717, 1.165) is 5.56 Å². The highest BCUT2D eigenvalue weighted by atomic mass is 35.5. The summed E-state index contributed by atoms with van der Waals surface area (Å²) in [5, 5.41) is 7.45. The van der Waals surface area contributed by atoms with Gasteiger partial charge in [-0.2, -0.15) is 4.98 Å². The number of rotatable bonds is 2. The van der Waals surface area contributed by atoms with Crippen LogP contribution in [0, 0.1) is 0 Å². The van der Waals surface area contributed by atoms with E-state index < -0.39 is 0 Å². The van der Waals surface area contributed by atoms with Gasteiger partial charge < -0.3 is 10.3 Å². The quantitative estimate of drug-likeness (QED) is 0.764. The van der Waals surface area contributed by atoms with Crippen LogP contribution in [0.3, 0.4) is 0 Å². The number of nitrogens with two attached hydrogens (primary N) is 1. The molecule has 19 heavy (non-hydrogen) atoms. The van der Waals surface area contributed by atoms with Crippen LogP contribution < -0.4 is 5.73 Å². The van der Waals surface area contributed by atoms with E-state index in [2.05, 4.69) is 10.1 Å². The average molecular weight is 312 g/mol. The maximum absolute atomic E-state index is 5.94. The number of nitrogen functional groups attached to an aromatic ring is 1. The molecule has 0 radical (unpaired) electrons. The van der Waals surface area contributed by atoms with E-state index in [9.17, 15) is 0 Å². The molecule has 2 N–H and O–H groups in total. The molecular formula is C12H7Cl2N3OS. The number of hydrogen-bond donors (Lipinski definition) is 1. The van der Waals surface area contributed by atoms with Crippen LogP contribution in [-0.4, -0.2) is 10.1 Å². The van der Waals surface area contributed by atoms with E-state index in [1.54, 1.807) is 18.2 Å². The van der Waals surface area contributed by atoms with Crippen LogP contribution in [0.25, 0.3) is 22.8 Å². The molecule has 1 aromatic carbocycles. The Morgan fingerprint density at radius 2 is 1.89 bits per heavy atom. The first-order chi connectivity index (χ1) is 9.13. The minimum atomic E-state index is 0.379. The summed E-state index contributed by atoms with van der Waals surface area (Å²) in [5.74, 6) is 0.801. The zero-order valence-electron chi connectivity index (χ0n) is 9.43. The average Bonchev–Trinajstić information content (AvgIpc) is 2.95. The molecule has 4 nitrogen and oxygen atoms in total. The summed E-state index contributed by atoms with van der Waals surface area (Å²) in [5.41, 5.74) is 7.25. The fourth-order valence-electron chi connectivity index (χ4n) is 1.63. The van der Waals surface area contributed by atoms with Crippen molar-refractivity contribution >= 4 is 39.5 Å². The SMILES string of the molecule is Nc1sccc1-c1nc(-c2cc(Cl)cc(Cl)c2)no1. The maximum Gasteiger partial charge on any atom is 0.261 e. The van der Waals surface area contributed by atoms with Gasteiger partial charge in [0, 0.05) is 15.6 Å². The van der Waals surface area contributed by atoms with Gasteiger partial charge in [0.1, 0.15) is 0 Å². The summed E-state index contributed by atoms with van der Waals surface area (Å²) >= 11 is 13.3. The second-order valence-electron chi connectivity index (χ2n) is 3.78. The highest BCUT2D eigenvalue weighted by Gasteiger charge is 2.14. The van der Waals surface area contributed by atoms with Crippen LogP contribution in [0.2, 0.25) is 10.0 Å². The molecule has 0 fully saturated rings. The van der Waals surface area contributed by atoms with Gasteiger partial charge in [0.05, 0.1) is 10.6 Å². The van der Waals surface area contributed by atoms with Crippen molar-refractivity contribution in [1.29, 1.82) is 0 Å². The molecular weight excluding hydrogens is 305 g/mol. The Morgan fingerprint density at radius 3 is 2.53 bits per heavy atom. The molecule has 0 bridgehead atoms. The van der Waals surface area contributed by atoms with Crippen molar-refractivity contribution in [3.05, 3.63) is 39.7 Å². The molecule has 0 amide bonds. The summed E-state index contributed by atoms with van der Waals surface area (Å²) in [6, 6.07) is 6.92. The third kappa shape index (κ3) is 2.45. The van der Waals surface area contributed by atoms with Crippen LogP contribution in [0.5, 0.6) is 0 Å². The second-order valence-corrected chi connectivity index (χ2v) is 5.60. The number of halogens is 2. The summed E-state index contributed by atoms with van der Waals surface area (Å²) in [6.07, 6.45) is 0. The van der Waals surface area contributed by atoms with E-state index in [1.807, 2.05) is 11.4 Å². The molecule has 0 saturated carbocycles. The van der Waals surface area contributed by atoms with Crippen molar-refractivity contribution < 1.29 is 4.52 Å². The smallest absolute Gasteiger partial charge is 0.261 e. The van der Waals surface area contributed by atoms with Gasteiger partial charge >= 0.3 is 0 Å². The first kappa shape index (κ1) is 12.5. The van der Waals surface area contributed by atoms with Gasteiger partial charge in [0.2, 0.25) is 5.82 Å². The van der Waals surface area contributed by atoms with E-state index >= 15 is 0 Å². The van der Waals surface area contributed by atoms with E-state index in [-0.39, 0.29) is 0 Å². The topological polar surface area (TPSA) is 64.9 Å². The minimum Gasteiger partial charge on any atom is -0.390 e. The molecule has 96 valence electrons. The van der Waals surface area contributed by atoms with Gasteiger partial charge in [-0.3, -0.25) is 0 Å². The molecule has 0 saturated heterocycles. The number of benzene rings is 1. The van der Waals surface area contributed by atoms with E-state index in [0.29, 0.717) is 32.3 Å². The molecule has 2 aromatic heterocycles. The zero-order valence-corrected chi connectivity index (χ0v) is 11.8. The van der Waals surface area contributed by atoms with Gasteiger partial charge in [-0.25, -0.2) is 0 Å². The summed E-state index contributed by atoms with van der Waals surface area (Å²) in [7, 11) is 0. The highest BCUT2D eigenvalue weighted by Crippen LogP contribution is 2.31. The molecule has 2 heterocycles. The van der Waals surface area contributed by atoms with Gasteiger partial charge in [-0.05, 0) is 29.6 Å². The lowest BCUT2D eigenvalue weighted by atomic mass is 10.2. The van der Waals surface area contributed by atoms with Crippen molar-refractivity contribution in [1.82, 2.24) is 10.1 Å². The predicted molar refractivity (Wildman–Crippen MR) is 77.5 cm³/mol. The normalized spacial score (nSPS) is 10.8. The van der Waals surface area contributed by atoms with Crippen molar-refractivity contribution in [2.24, 2.45) is 0 Å². The van der Waals surface area contributed by atoms with Gasteiger partial charge in [-0.1, -0.05) is 28.4 Å². The van der Waals surface area contributed by atoms with Crippen molar-refractivity contribution in [3.8, 4) is 22.8 Å². The Labute approximate surface area is 122 Å². The van der Waals surface area contributed by atoms with Crippen molar-refractivity contribution in [2.75, 3.05) is 5.73 Å². The van der Waals surface area contributed by atoms with Crippen molar-refractivity contribution in [3.63, 3.8) is 0 Å². The van der Waals surface area contributed by atoms with Crippen molar-refractivity contribution in [2.45, 2.75) is 0 Å². The van der Waals surface area contributed by atoms with Crippen LogP contribution >= 0.6 is 34.5 Å². The van der Waals surface area contributed by atoms with Gasteiger partial charge in [0.25, 0.3) is 5.89 Å². The Hall–Kier alpha value is -1.56. The first-order valence-electron chi connectivity index (χ1n) is 5.27. The molecule has 0 aliphatic heterocycles. The van der Waals surface area contributed by atoms with Crippen LogP contribution in [0.15, 0.2) is 34.2 Å². The van der Waals surface area contributed by atoms with Gasteiger partial charge in [0.15, 0.2) is 0 Å². The number of anilines is 1. The van der Waals surface area contributed by atoms with E-state index in [4.69, 9.17) is 33.5 Å². The lowest BCUT2D eigenvalue weighted by molar-refractivity contribution is 0.432. The summed E-state index contributed by atoms with van der Waals surface area (Å²) in [4.78, 5) is 4.30. The van der Waals surface area contributed by atoms with Gasteiger partial charge in [-0.15, -0.1) is 11.3 Å². The third-order valence-electron chi connectivity index (χ3n) is 2.47. The molecule has 0 aliphatic rings. The Bertz CT molecular complexity index is 718. The second kappa shape index (κ2) is 4.85. The fraction of sp³-hybridized carbons (Fsp3) is 0. The molecule has 7 heteroatoms. The Kier molecular flexibility index (Phi) is 3.18. The highest BCUT2D eigenvalue weighted by molar-refractivity contribution is 7.14. The molecule has 3 aromatic rings. The number of aromatic nitrogens is 2. The molecule has 0 aliphatic carbocycles. The monoisotopic (exact) mass is 311 g/mol. The lowest BCUT2D eigenvalue weighted by Gasteiger charge is -1.97. The minimum absolute atomic E-state index is 0.379. The number of hydrogen-bond acceptors (Lipinski definition) is 5. The van der Waals surface area contributed by atoms with Crippen LogP contribution in [0.4, 0.5) is 5.00 Å². The Morgan fingerprint density at radius 1 is 1.16 bits per heavy atom. The first-order valence-corrected chi connectivity index (χ1v) is 6.90. The lowest BCUT2D eigenvalue weighted by Crippen LogP contribution is -1.84. The predicted octanol–water partition coefficient (Wildman–Crippen LogP) is 4.35.